The number of alkyl halides is 3. The van der Waals surface area contributed by atoms with E-state index >= 15 is 0 Å². The summed E-state index contributed by atoms with van der Waals surface area (Å²) in [5.74, 6) is -1.88. The van der Waals surface area contributed by atoms with Gasteiger partial charge in [0.15, 0.2) is 11.6 Å². The molecule has 2 aromatic carbocycles. The molecule has 0 radical (unpaired) electrons. The molecule has 0 amide bonds. The molecule has 0 unspecified atom stereocenters. The molecule has 0 fully saturated rings. The third-order valence-electron chi connectivity index (χ3n) is 5.64. The van der Waals surface area contributed by atoms with Gasteiger partial charge in [-0.2, -0.15) is 18.2 Å². The summed E-state index contributed by atoms with van der Waals surface area (Å²) in [4.78, 5) is 34.4. The zero-order chi connectivity index (χ0) is 28.5. The Hall–Kier alpha value is -4.52. The number of nitrogens with zero attached hydrogens (tertiary/aromatic N) is 3. The number of fused-ring (bicyclic) bond motifs is 2. The summed E-state index contributed by atoms with van der Waals surface area (Å²) in [5, 5.41) is 17.0. The molecule has 4 aromatic rings. The van der Waals surface area contributed by atoms with Crippen LogP contribution in [0.2, 0.25) is 5.02 Å². The van der Waals surface area contributed by atoms with E-state index in [1.54, 1.807) is 31.3 Å². The average Bonchev–Trinajstić information content (AvgIpc) is 3.25. The molecule has 2 aromatic heterocycles. The van der Waals surface area contributed by atoms with Crippen LogP contribution in [-0.2, 0) is 4.79 Å². The number of aromatic nitrogens is 3. The second-order valence-corrected chi connectivity index (χ2v) is 8.80. The van der Waals surface area contributed by atoms with Gasteiger partial charge in [-0.3, -0.25) is 0 Å². The van der Waals surface area contributed by atoms with Crippen LogP contribution < -0.4 is 14.4 Å². The van der Waals surface area contributed by atoms with Crippen molar-refractivity contribution in [2.75, 3.05) is 25.1 Å². The number of nitrogens with one attached hydrogen (secondary N) is 1. The van der Waals surface area contributed by atoms with Gasteiger partial charge in [-0.15, -0.1) is 0 Å². The number of imidazole rings is 1. The molecule has 5 rings (SSSR count). The zero-order valence-electron chi connectivity index (χ0n) is 20.3. The fraction of sp³-hybridized carbons (Fsp3) is 0.200. The van der Waals surface area contributed by atoms with Gasteiger partial charge in [0.25, 0.3) is 6.01 Å². The number of aliphatic carboxylic acids is 1. The Labute approximate surface area is 223 Å². The molecule has 3 heterocycles. The second kappa shape index (κ2) is 10.7. The van der Waals surface area contributed by atoms with Crippen LogP contribution in [-0.4, -0.2) is 63.5 Å². The maximum Gasteiger partial charge on any atom is 0.490 e. The highest BCUT2D eigenvalue weighted by Gasteiger charge is 2.38. The highest BCUT2D eigenvalue weighted by atomic mass is 35.5. The number of ether oxygens (including phenoxy) is 2. The number of benzene rings is 2. The van der Waals surface area contributed by atoms with E-state index in [1.807, 2.05) is 24.1 Å². The molecule has 0 atom stereocenters. The van der Waals surface area contributed by atoms with Crippen LogP contribution in [0.5, 0.6) is 17.5 Å². The fourth-order valence-corrected chi connectivity index (χ4v) is 3.93. The Bertz CT molecular complexity index is 1570. The number of hydrogen-bond donors (Lipinski definition) is 3. The average molecular weight is 565 g/mol. The number of carbonyl (C=O) groups is 2. The number of aromatic amines is 1. The highest BCUT2D eigenvalue weighted by molar-refractivity contribution is 6.34. The van der Waals surface area contributed by atoms with Gasteiger partial charge in [0, 0.05) is 24.4 Å². The lowest BCUT2D eigenvalue weighted by Gasteiger charge is -2.26. The number of rotatable bonds is 4. The van der Waals surface area contributed by atoms with E-state index in [4.69, 9.17) is 31.0 Å². The number of pyridine rings is 1. The largest absolute Gasteiger partial charge is 0.490 e. The molecule has 0 saturated heterocycles. The van der Waals surface area contributed by atoms with Crippen LogP contribution in [0.15, 0.2) is 42.6 Å². The van der Waals surface area contributed by atoms with Gasteiger partial charge >= 0.3 is 18.1 Å². The first kappa shape index (κ1) is 27.5. The van der Waals surface area contributed by atoms with E-state index in [9.17, 15) is 23.1 Å². The summed E-state index contributed by atoms with van der Waals surface area (Å²) in [7, 11) is 1.98. The number of halogens is 4. The molecule has 1 aliphatic rings. The van der Waals surface area contributed by atoms with E-state index in [-0.39, 0.29) is 11.6 Å². The third-order valence-corrected chi connectivity index (χ3v) is 5.95. The Balaban J connectivity index is 0.000000448. The van der Waals surface area contributed by atoms with Gasteiger partial charge in [-0.25, -0.2) is 14.6 Å². The Kier molecular flexibility index (Phi) is 7.54. The predicted molar refractivity (Wildman–Crippen MR) is 135 cm³/mol. The Morgan fingerprint density at radius 2 is 1.90 bits per heavy atom. The van der Waals surface area contributed by atoms with Crippen molar-refractivity contribution in [1.82, 2.24) is 15.0 Å². The normalized spacial score (nSPS) is 12.7. The van der Waals surface area contributed by atoms with Crippen LogP contribution in [0.4, 0.5) is 19.0 Å². The number of anilines is 1. The van der Waals surface area contributed by atoms with Crippen LogP contribution in [0, 0.1) is 6.92 Å². The van der Waals surface area contributed by atoms with Crippen molar-refractivity contribution in [3.8, 4) is 28.6 Å². The van der Waals surface area contributed by atoms with Gasteiger partial charge in [-0.05, 0) is 42.8 Å². The molecular weight excluding hydrogens is 545 g/mol. The lowest BCUT2D eigenvalue weighted by molar-refractivity contribution is -0.192. The molecule has 14 heteroatoms. The van der Waals surface area contributed by atoms with Crippen LogP contribution in [0.3, 0.4) is 0 Å². The smallest absolute Gasteiger partial charge is 0.488 e. The van der Waals surface area contributed by atoms with Crippen molar-refractivity contribution in [1.29, 1.82) is 0 Å². The molecule has 39 heavy (non-hydrogen) atoms. The molecular formula is C25H20ClF3N4O6. The maximum atomic E-state index is 11.4. The second-order valence-electron chi connectivity index (χ2n) is 8.39. The monoisotopic (exact) mass is 564 g/mol. The van der Waals surface area contributed by atoms with E-state index < -0.39 is 18.1 Å². The SMILES string of the molecule is Cc1ccc(Oc2nc3cc(-c4cnc5c(c4)OCCN5C)c(Cl)cc3[nH]2)cc1C(=O)O.O=C(O)C(F)(F)F. The number of H-pyrrole nitrogens is 1. The number of hydrogen-bond acceptors (Lipinski definition) is 7. The summed E-state index contributed by atoms with van der Waals surface area (Å²) < 4.78 is 43.3. The van der Waals surface area contributed by atoms with Crippen LogP contribution >= 0.6 is 11.6 Å². The lowest BCUT2D eigenvalue weighted by atomic mass is 10.1. The third kappa shape index (κ3) is 6.14. The summed E-state index contributed by atoms with van der Waals surface area (Å²) in [6.45, 7) is 3.12. The van der Waals surface area contributed by atoms with E-state index in [0.717, 1.165) is 23.5 Å². The number of likely N-dealkylation sites (N-methyl/N-ethyl adjacent to an activating group) is 1. The first-order valence-corrected chi connectivity index (χ1v) is 11.6. The first-order valence-electron chi connectivity index (χ1n) is 11.2. The Morgan fingerprint density at radius 1 is 1.18 bits per heavy atom. The number of carboxylic acids is 2. The lowest BCUT2D eigenvalue weighted by Crippen LogP contribution is -2.29. The first-order chi connectivity index (χ1) is 18.3. The standard InChI is InChI=1S/C23H19ClN4O4.C2HF3O2/c1-12-3-4-14(8-15(12)22(29)30)32-23-26-18-9-16(17(24)10-19(18)27-23)13-7-20-21(25-11-13)28(2)5-6-31-20;3-2(4,5)1(6)7/h3-4,7-11H,5-6H2,1-2H3,(H,26,27)(H,29,30);(H,6,7). The molecule has 0 aliphatic carbocycles. The summed E-state index contributed by atoms with van der Waals surface area (Å²) in [6.07, 6.45) is -3.32. The van der Waals surface area contributed by atoms with Crippen molar-refractivity contribution in [2.24, 2.45) is 0 Å². The molecule has 0 spiro atoms. The minimum Gasteiger partial charge on any atom is -0.488 e. The van der Waals surface area contributed by atoms with Crippen molar-refractivity contribution >= 4 is 40.4 Å². The molecule has 0 saturated carbocycles. The number of aryl methyl sites for hydroxylation is 1. The number of carboxylic acid groups (broad SMARTS) is 2. The van der Waals surface area contributed by atoms with Crippen molar-refractivity contribution in [2.45, 2.75) is 13.1 Å². The molecule has 3 N–H and O–H groups in total. The summed E-state index contributed by atoms with van der Waals surface area (Å²) >= 11 is 6.56. The molecule has 1 aliphatic heterocycles. The predicted octanol–water partition coefficient (Wildman–Crippen LogP) is 5.54. The Morgan fingerprint density at radius 3 is 2.56 bits per heavy atom. The van der Waals surface area contributed by atoms with Crippen molar-refractivity contribution in [3.63, 3.8) is 0 Å². The molecule has 204 valence electrons. The minimum atomic E-state index is -5.08. The maximum absolute atomic E-state index is 11.4. The van der Waals surface area contributed by atoms with Gasteiger partial charge < -0.3 is 29.6 Å². The van der Waals surface area contributed by atoms with Gasteiger partial charge in [-0.1, -0.05) is 17.7 Å². The van der Waals surface area contributed by atoms with E-state index in [0.29, 0.717) is 39.7 Å². The van der Waals surface area contributed by atoms with Gasteiger partial charge in [0.1, 0.15) is 12.4 Å². The topological polar surface area (TPSA) is 138 Å². The zero-order valence-corrected chi connectivity index (χ0v) is 21.1. The number of aromatic carboxylic acids is 1. The minimum absolute atomic E-state index is 0.178. The fourth-order valence-electron chi connectivity index (χ4n) is 3.66. The van der Waals surface area contributed by atoms with Crippen LogP contribution in [0.25, 0.3) is 22.2 Å². The van der Waals surface area contributed by atoms with Crippen LogP contribution in [0.1, 0.15) is 15.9 Å². The quantitative estimate of drug-likeness (QED) is 0.292. The molecule has 10 nitrogen and oxygen atoms in total. The molecule has 0 bridgehead atoms. The van der Waals surface area contributed by atoms with Crippen molar-refractivity contribution in [3.05, 3.63) is 58.7 Å². The van der Waals surface area contributed by atoms with Gasteiger partial charge in [0.2, 0.25) is 0 Å². The van der Waals surface area contributed by atoms with E-state index in [2.05, 4.69) is 15.0 Å². The summed E-state index contributed by atoms with van der Waals surface area (Å²) in [5.41, 5.74) is 3.77. The van der Waals surface area contributed by atoms with E-state index in [1.165, 1.54) is 6.07 Å². The summed E-state index contributed by atoms with van der Waals surface area (Å²) in [6, 6.07) is 10.7. The highest BCUT2D eigenvalue weighted by Crippen LogP contribution is 2.37. The van der Waals surface area contributed by atoms with Crippen molar-refractivity contribution < 1.29 is 42.4 Å². The van der Waals surface area contributed by atoms with Gasteiger partial charge in [0.05, 0.1) is 28.2 Å².